The maximum absolute atomic E-state index is 9.30. The summed E-state index contributed by atoms with van der Waals surface area (Å²) in [6.45, 7) is 6.25. The number of hydrogen-bond acceptors (Lipinski definition) is 2. The predicted octanol–water partition coefficient (Wildman–Crippen LogP) is 3.36. The van der Waals surface area contributed by atoms with E-state index in [1.54, 1.807) is 0 Å². The van der Waals surface area contributed by atoms with Crippen molar-refractivity contribution in [2.24, 2.45) is 11.8 Å². The topological polar surface area (TPSA) is 40.5 Å². The molecule has 0 aromatic rings. The van der Waals surface area contributed by atoms with Crippen LogP contribution in [0.1, 0.15) is 65.7 Å². The van der Waals surface area contributed by atoms with Gasteiger partial charge in [-0.1, -0.05) is 52.9 Å². The predicted molar refractivity (Wildman–Crippen MR) is 69.4 cm³/mol. The molecule has 2 nitrogen and oxygen atoms in total. The molecular formula is C14H30O2. The van der Waals surface area contributed by atoms with Crippen molar-refractivity contribution in [2.45, 2.75) is 71.8 Å². The van der Waals surface area contributed by atoms with E-state index in [2.05, 4.69) is 6.92 Å². The molecular weight excluding hydrogens is 200 g/mol. The van der Waals surface area contributed by atoms with Crippen molar-refractivity contribution >= 4 is 0 Å². The van der Waals surface area contributed by atoms with Crippen molar-refractivity contribution in [3.05, 3.63) is 0 Å². The lowest BCUT2D eigenvalue weighted by atomic mass is 9.85. The van der Waals surface area contributed by atoms with Gasteiger partial charge in [0.1, 0.15) is 0 Å². The van der Waals surface area contributed by atoms with Gasteiger partial charge >= 0.3 is 0 Å². The fourth-order valence-corrected chi connectivity index (χ4v) is 2.50. The zero-order chi connectivity index (χ0) is 12.4. The van der Waals surface area contributed by atoms with E-state index in [-0.39, 0.29) is 6.61 Å². The average Bonchev–Trinajstić information content (AvgIpc) is 2.53. The van der Waals surface area contributed by atoms with E-state index in [1.807, 2.05) is 13.8 Å². The van der Waals surface area contributed by atoms with Crippen molar-refractivity contribution in [1.29, 1.82) is 0 Å². The molecule has 3 atom stereocenters. The second kappa shape index (κ2) is 10.1. The van der Waals surface area contributed by atoms with Gasteiger partial charge in [-0.25, -0.2) is 0 Å². The molecule has 1 aliphatic carbocycles. The van der Waals surface area contributed by atoms with E-state index in [0.717, 1.165) is 24.7 Å². The van der Waals surface area contributed by atoms with E-state index in [4.69, 9.17) is 5.11 Å². The van der Waals surface area contributed by atoms with Crippen LogP contribution in [0, 0.1) is 11.8 Å². The lowest BCUT2D eigenvalue weighted by Crippen LogP contribution is -2.17. The highest BCUT2D eigenvalue weighted by Gasteiger charge is 2.20. The van der Waals surface area contributed by atoms with Crippen molar-refractivity contribution < 1.29 is 10.2 Å². The second-order valence-corrected chi connectivity index (χ2v) is 4.79. The molecule has 2 heteroatoms. The van der Waals surface area contributed by atoms with Crippen molar-refractivity contribution in [3.8, 4) is 0 Å². The minimum atomic E-state index is -0.495. The Morgan fingerprint density at radius 3 is 2.38 bits per heavy atom. The van der Waals surface area contributed by atoms with Crippen LogP contribution >= 0.6 is 0 Å². The third-order valence-electron chi connectivity index (χ3n) is 3.62. The van der Waals surface area contributed by atoms with E-state index < -0.39 is 6.10 Å². The molecule has 0 spiro atoms. The van der Waals surface area contributed by atoms with E-state index >= 15 is 0 Å². The fourth-order valence-electron chi connectivity index (χ4n) is 2.50. The van der Waals surface area contributed by atoms with Crippen LogP contribution in [0.15, 0.2) is 0 Å². The Labute approximate surface area is 101 Å². The molecule has 0 heterocycles. The molecule has 0 bridgehead atoms. The lowest BCUT2D eigenvalue weighted by molar-refractivity contribution is 0.0791. The second-order valence-electron chi connectivity index (χ2n) is 4.79. The van der Waals surface area contributed by atoms with Gasteiger partial charge in [0.25, 0.3) is 0 Å². The highest BCUT2D eigenvalue weighted by atomic mass is 16.3. The molecule has 1 aliphatic rings. The minimum Gasteiger partial charge on any atom is -0.394 e. The summed E-state index contributed by atoms with van der Waals surface area (Å²) < 4.78 is 0. The SMILES string of the molecule is CC.CC1CCCCCC1CCC(O)CO. The van der Waals surface area contributed by atoms with Crippen LogP contribution in [-0.4, -0.2) is 22.9 Å². The Morgan fingerprint density at radius 1 is 1.12 bits per heavy atom. The van der Waals surface area contributed by atoms with E-state index in [9.17, 15) is 5.11 Å². The van der Waals surface area contributed by atoms with Gasteiger partial charge in [0.15, 0.2) is 0 Å². The van der Waals surface area contributed by atoms with Crippen LogP contribution < -0.4 is 0 Å². The maximum atomic E-state index is 9.30. The smallest absolute Gasteiger partial charge is 0.0771 e. The van der Waals surface area contributed by atoms with Gasteiger partial charge < -0.3 is 10.2 Å². The Morgan fingerprint density at radius 2 is 1.75 bits per heavy atom. The van der Waals surface area contributed by atoms with E-state index in [1.165, 1.54) is 32.1 Å². The molecule has 0 aliphatic heterocycles. The maximum Gasteiger partial charge on any atom is 0.0771 e. The standard InChI is InChI=1S/C12H24O2.C2H6/c1-10-5-3-2-4-6-11(10)7-8-12(14)9-13;1-2/h10-14H,2-9H2,1H3;1-2H3. The molecule has 1 fully saturated rings. The summed E-state index contributed by atoms with van der Waals surface area (Å²) >= 11 is 0. The quantitative estimate of drug-likeness (QED) is 0.727. The van der Waals surface area contributed by atoms with Gasteiger partial charge in [0.05, 0.1) is 12.7 Å². The molecule has 1 rings (SSSR count). The molecule has 0 amide bonds. The highest BCUT2D eigenvalue weighted by molar-refractivity contribution is 4.72. The summed E-state index contributed by atoms with van der Waals surface area (Å²) in [4.78, 5) is 0. The Bertz CT molecular complexity index is 148. The Balaban J connectivity index is 0.00000106. The third-order valence-corrected chi connectivity index (χ3v) is 3.62. The van der Waals surface area contributed by atoms with Gasteiger partial charge in [0, 0.05) is 0 Å². The van der Waals surface area contributed by atoms with E-state index in [0.29, 0.717) is 0 Å². The first-order valence-corrected chi connectivity index (χ1v) is 7.03. The van der Waals surface area contributed by atoms with Crippen LogP contribution in [0.3, 0.4) is 0 Å². The molecule has 16 heavy (non-hydrogen) atoms. The van der Waals surface area contributed by atoms with Crippen LogP contribution in [0.4, 0.5) is 0 Å². The molecule has 0 radical (unpaired) electrons. The minimum absolute atomic E-state index is 0.0822. The Hall–Kier alpha value is -0.0800. The average molecular weight is 230 g/mol. The summed E-state index contributed by atoms with van der Waals surface area (Å²) in [6.07, 6.45) is 8.13. The molecule has 3 unspecified atom stereocenters. The Kier molecular flexibility index (Phi) is 10.0. The molecule has 98 valence electrons. The summed E-state index contributed by atoms with van der Waals surface area (Å²) in [5, 5.41) is 18.0. The van der Waals surface area contributed by atoms with Gasteiger partial charge in [-0.2, -0.15) is 0 Å². The first kappa shape index (κ1) is 15.9. The fraction of sp³-hybridized carbons (Fsp3) is 1.00. The largest absolute Gasteiger partial charge is 0.394 e. The zero-order valence-corrected chi connectivity index (χ0v) is 11.3. The van der Waals surface area contributed by atoms with Crippen molar-refractivity contribution in [1.82, 2.24) is 0 Å². The van der Waals surface area contributed by atoms with Gasteiger partial charge in [-0.05, 0) is 24.7 Å². The highest BCUT2D eigenvalue weighted by Crippen LogP contribution is 2.31. The first-order valence-electron chi connectivity index (χ1n) is 7.03. The van der Waals surface area contributed by atoms with Crippen LogP contribution in [0.25, 0.3) is 0 Å². The van der Waals surface area contributed by atoms with Gasteiger partial charge in [0.2, 0.25) is 0 Å². The molecule has 0 saturated heterocycles. The summed E-state index contributed by atoms with van der Waals surface area (Å²) in [6, 6.07) is 0. The number of rotatable bonds is 4. The van der Waals surface area contributed by atoms with Crippen LogP contribution in [0.5, 0.6) is 0 Å². The third kappa shape index (κ3) is 6.49. The molecule has 2 N–H and O–H groups in total. The summed E-state index contributed by atoms with van der Waals surface area (Å²) in [5.74, 6) is 1.59. The van der Waals surface area contributed by atoms with Gasteiger partial charge in [-0.3, -0.25) is 0 Å². The van der Waals surface area contributed by atoms with Crippen molar-refractivity contribution in [2.75, 3.05) is 6.61 Å². The first-order chi connectivity index (χ1) is 7.74. The summed E-state index contributed by atoms with van der Waals surface area (Å²) in [7, 11) is 0. The summed E-state index contributed by atoms with van der Waals surface area (Å²) in [5.41, 5.74) is 0. The lowest BCUT2D eigenvalue weighted by Gasteiger charge is -2.22. The number of aliphatic hydroxyl groups is 2. The number of aliphatic hydroxyl groups excluding tert-OH is 2. The molecule has 0 aromatic heterocycles. The van der Waals surface area contributed by atoms with Crippen molar-refractivity contribution in [3.63, 3.8) is 0 Å². The molecule has 0 aromatic carbocycles. The van der Waals surface area contributed by atoms with Crippen LogP contribution in [-0.2, 0) is 0 Å². The zero-order valence-electron chi connectivity index (χ0n) is 11.3. The van der Waals surface area contributed by atoms with Gasteiger partial charge in [-0.15, -0.1) is 0 Å². The number of hydrogen-bond donors (Lipinski definition) is 2. The molecule has 1 saturated carbocycles. The van der Waals surface area contributed by atoms with Crippen LogP contribution in [0.2, 0.25) is 0 Å². The monoisotopic (exact) mass is 230 g/mol. The normalized spacial score (nSPS) is 27.6.